The highest BCUT2D eigenvalue weighted by Crippen LogP contribution is 2.10. The van der Waals surface area contributed by atoms with E-state index in [1.165, 1.54) is 5.56 Å². The minimum atomic E-state index is -0.0840. The van der Waals surface area contributed by atoms with Gasteiger partial charge in [-0.2, -0.15) is 0 Å². The number of carbonyl (C=O) groups excluding carboxylic acids is 1. The van der Waals surface area contributed by atoms with Crippen LogP contribution in [0.5, 0.6) is 0 Å². The minimum absolute atomic E-state index is 0.0840. The fourth-order valence-electron chi connectivity index (χ4n) is 2.03. The normalized spacial score (nSPS) is 10.3. The number of amides is 1. The van der Waals surface area contributed by atoms with Crippen LogP contribution >= 0.6 is 15.9 Å². The van der Waals surface area contributed by atoms with Crippen molar-refractivity contribution in [2.45, 2.75) is 25.7 Å². The van der Waals surface area contributed by atoms with Crippen molar-refractivity contribution >= 4 is 21.8 Å². The maximum absolute atomic E-state index is 12.1. The van der Waals surface area contributed by atoms with Gasteiger partial charge in [-0.05, 0) is 37.1 Å². The Labute approximate surface area is 127 Å². The third-order valence-electron chi connectivity index (χ3n) is 3.07. The Hall–Kier alpha value is -1.68. The van der Waals surface area contributed by atoms with Gasteiger partial charge in [-0.25, -0.2) is 0 Å². The van der Waals surface area contributed by atoms with Gasteiger partial charge in [-0.1, -0.05) is 40.2 Å². The first-order chi connectivity index (χ1) is 9.60. The fourth-order valence-corrected chi connectivity index (χ4v) is 2.38. The van der Waals surface area contributed by atoms with Gasteiger partial charge in [0.1, 0.15) is 0 Å². The standard InChI is InChI=1S/C16H17BrN2O/c1-11-6-7-15(12(2)19-11)16(20)18-10-14-5-3-4-13(8-14)9-17/h3-8H,9-10H2,1-2H3,(H,18,20). The molecule has 1 aromatic heterocycles. The van der Waals surface area contributed by atoms with Gasteiger partial charge in [0.2, 0.25) is 0 Å². The molecule has 1 N–H and O–H groups in total. The maximum Gasteiger partial charge on any atom is 0.253 e. The number of nitrogens with zero attached hydrogens (tertiary/aromatic N) is 1. The molecule has 0 saturated heterocycles. The summed E-state index contributed by atoms with van der Waals surface area (Å²) >= 11 is 3.43. The van der Waals surface area contributed by atoms with Gasteiger partial charge in [0.15, 0.2) is 0 Å². The first-order valence-electron chi connectivity index (χ1n) is 6.46. The second-order valence-electron chi connectivity index (χ2n) is 4.72. The zero-order valence-electron chi connectivity index (χ0n) is 11.6. The van der Waals surface area contributed by atoms with Crippen LogP contribution in [0.3, 0.4) is 0 Å². The Kier molecular flexibility index (Phi) is 4.90. The lowest BCUT2D eigenvalue weighted by molar-refractivity contribution is 0.0950. The first-order valence-corrected chi connectivity index (χ1v) is 7.58. The average Bonchev–Trinajstić information content (AvgIpc) is 2.45. The molecule has 0 atom stereocenters. The first kappa shape index (κ1) is 14.7. The maximum atomic E-state index is 12.1. The van der Waals surface area contributed by atoms with E-state index in [9.17, 15) is 4.79 Å². The summed E-state index contributed by atoms with van der Waals surface area (Å²) in [5.74, 6) is -0.0840. The minimum Gasteiger partial charge on any atom is -0.348 e. The van der Waals surface area contributed by atoms with Crippen LogP contribution in [0.25, 0.3) is 0 Å². The molecule has 1 aromatic carbocycles. The topological polar surface area (TPSA) is 42.0 Å². The van der Waals surface area contributed by atoms with E-state index < -0.39 is 0 Å². The molecule has 0 aliphatic rings. The summed E-state index contributed by atoms with van der Waals surface area (Å²) in [6.07, 6.45) is 0. The highest BCUT2D eigenvalue weighted by molar-refractivity contribution is 9.08. The third-order valence-corrected chi connectivity index (χ3v) is 3.72. The van der Waals surface area contributed by atoms with Gasteiger partial charge in [0.05, 0.1) is 11.3 Å². The van der Waals surface area contributed by atoms with Crippen molar-refractivity contribution in [2.75, 3.05) is 0 Å². The second kappa shape index (κ2) is 6.66. The lowest BCUT2D eigenvalue weighted by Gasteiger charge is -2.08. The molecule has 1 heterocycles. The molecule has 0 fully saturated rings. The number of hydrogen-bond donors (Lipinski definition) is 1. The number of rotatable bonds is 4. The van der Waals surface area contributed by atoms with E-state index in [2.05, 4.69) is 32.3 Å². The molecule has 2 rings (SSSR count). The Morgan fingerprint density at radius 3 is 2.65 bits per heavy atom. The molecule has 2 aromatic rings. The lowest BCUT2D eigenvalue weighted by atomic mass is 10.1. The van der Waals surface area contributed by atoms with Crippen LogP contribution < -0.4 is 5.32 Å². The van der Waals surface area contributed by atoms with Crippen LogP contribution in [0, 0.1) is 13.8 Å². The number of halogens is 1. The van der Waals surface area contributed by atoms with E-state index in [0.717, 1.165) is 22.3 Å². The molecule has 0 aliphatic heterocycles. The lowest BCUT2D eigenvalue weighted by Crippen LogP contribution is -2.24. The molecule has 0 unspecified atom stereocenters. The molecule has 0 spiro atoms. The number of benzene rings is 1. The molecule has 0 saturated carbocycles. The van der Waals surface area contributed by atoms with Gasteiger partial charge in [0, 0.05) is 17.6 Å². The van der Waals surface area contributed by atoms with Crippen LogP contribution in [-0.2, 0) is 11.9 Å². The van der Waals surface area contributed by atoms with Crippen molar-refractivity contribution in [3.05, 3.63) is 64.5 Å². The van der Waals surface area contributed by atoms with Crippen molar-refractivity contribution in [2.24, 2.45) is 0 Å². The van der Waals surface area contributed by atoms with E-state index in [0.29, 0.717) is 12.1 Å². The zero-order valence-corrected chi connectivity index (χ0v) is 13.2. The number of nitrogens with one attached hydrogen (secondary N) is 1. The molecule has 20 heavy (non-hydrogen) atoms. The molecular formula is C16H17BrN2O. The summed E-state index contributed by atoms with van der Waals surface area (Å²) in [6, 6.07) is 11.8. The number of aromatic nitrogens is 1. The van der Waals surface area contributed by atoms with Crippen LogP contribution in [0.15, 0.2) is 36.4 Å². The molecule has 4 heteroatoms. The number of aryl methyl sites for hydroxylation is 2. The number of hydrogen-bond acceptors (Lipinski definition) is 2. The quantitative estimate of drug-likeness (QED) is 0.870. The van der Waals surface area contributed by atoms with Crippen LogP contribution in [0.2, 0.25) is 0 Å². The Bertz CT molecular complexity index is 626. The monoisotopic (exact) mass is 332 g/mol. The van der Waals surface area contributed by atoms with Gasteiger partial charge in [0.25, 0.3) is 5.91 Å². The van der Waals surface area contributed by atoms with E-state index in [1.807, 2.05) is 44.2 Å². The highest BCUT2D eigenvalue weighted by atomic mass is 79.9. The van der Waals surface area contributed by atoms with Gasteiger partial charge in [-0.3, -0.25) is 9.78 Å². The highest BCUT2D eigenvalue weighted by Gasteiger charge is 2.09. The van der Waals surface area contributed by atoms with E-state index in [1.54, 1.807) is 0 Å². The van der Waals surface area contributed by atoms with Crippen LogP contribution in [-0.4, -0.2) is 10.9 Å². The smallest absolute Gasteiger partial charge is 0.253 e. The van der Waals surface area contributed by atoms with Crippen molar-refractivity contribution in [3.8, 4) is 0 Å². The Balaban J connectivity index is 2.04. The summed E-state index contributed by atoms with van der Waals surface area (Å²) in [6.45, 7) is 4.29. The van der Waals surface area contributed by atoms with Gasteiger partial charge >= 0.3 is 0 Å². The van der Waals surface area contributed by atoms with Crippen molar-refractivity contribution < 1.29 is 4.79 Å². The molecule has 0 bridgehead atoms. The average molecular weight is 333 g/mol. The zero-order chi connectivity index (χ0) is 14.5. The molecule has 1 amide bonds. The largest absolute Gasteiger partial charge is 0.348 e. The molecule has 0 radical (unpaired) electrons. The van der Waals surface area contributed by atoms with Crippen LogP contribution in [0.4, 0.5) is 0 Å². The third kappa shape index (κ3) is 3.67. The molecule has 0 aliphatic carbocycles. The van der Waals surface area contributed by atoms with Gasteiger partial charge in [-0.15, -0.1) is 0 Å². The van der Waals surface area contributed by atoms with E-state index in [-0.39, 0.29) is 5.91 Å². The van der Waals surface area contributed by atoms with Crippen LogP contribution in [0.1, 0.15) is 32.9 Å². The van der Waals surface area contributed by atoms with Crippen molar-refractivity contribution in [3.63, 3.8) is 0 Å². The Morgan fingerprint density at radius 1 is 1.20 bits per heavy atom. The number of carbonyl (C=O) groups is 1. The number of alkyl halides is 1. The van der Waals surface area contributed by atoms with Gasteiger partial charge < -0.3 is 5.32 Å². The van der Waals surface area contributed by atoms with E-state index in [4.69, 9.17) is 0 Å². The predicted molar refractivity (Wildman–Crippen MR) is 84.0 cm³/mol. The predicted octanol–water partition coefficient (Wildman–Crippen LogP) is 3.52. The second-order valence-corrected chi connectivity index (χ2v) is 5.28. The summed E-state index contributed by atoms with van der Waals surface area (Å²) in [4.78, 5) is 16.5. The molecular weight excluding hydrogens is 316 g/mol. The summed E-state index contributed by atoms with van der Waals surface area (Å²) < 4.78 is 0. The number of pyridine rings is 1. The summed E-state index contributed by atoms with van der Waals surface area (Å²) in [7, 11) is 0. The van der Waals surface area contributed by atoms with Crippen molar-refractivity contribution in [1.82, 2.24) is 10.3 Å². The van der Waals surface area contributed by atoms with Crippen molar-refractivity contribution in [1.29, 1.82) is 0 Å². The SMILES string of the molecule is Cc1ccc(C(=O)NCc2cccc(CBr)c2)c(C)n1. The van der Waals surface area contributed by atoms with E-state index >= 15 is 0 Å². The summed E-state index contributed by atoms with van der Waals surface area (Å²) in [5, 5.41) is 3.75. The fraction of sp³-hybridized carbons (Fsp3) is 0.250. The Morgan fingerprint density at radius 2 is 1.95 bits per heavy atom. The summed E-state index contributed by atoms with van der Waals surface area (Å²) in [5.41, 5.74) is 4.60. The molecule has 3 nitrogen and oxygen atoms in total. The molecule has 104 valence electrons.